The molecule has 1 fully saturated rings. The molecule has 1 rings (SSSR count). The number of hydrogen-bond donors (Lipinski definition) is 1. The molecular formula is C14H24N2O2. The summed E-state index contributed by atoms with van der Waals surface area (Å²) in [6.45, 7) is 15.8. The molecule has 4 nitrogen and oxygen atoms in total. The number of hydrogen-bond acceptors (Lipinski definition) is 2. The molecule has 18 heavy (non-hydrogen) atoms. The molecule has 0 bridgehead atoms. The Bertz CT molecular complexity index is 315. The van der Waals surface area contributed by atoms with Crippen LogP contribution in [0.4, 0.5) is 0 Å². The van der Waals surface area contributed by atoms with Crippen LogP contribution in [0.1, 0.15) is 47.0 Å². The molecule has 0 atom stereocenters. The van der Waals surface area contributed by atoms with Gasteiger partial charge in [0.1, 0.15) is 6.29 Å². The number of carbonyl (C=O) groups excluding carboxylic acids is 2. The molecule has 1 saturated heterocycles. The van der Waals surface area contributed by atoms with E-state index in [1.54, 1.807) is 0 Å². The molecule has 0 aromatic heterocycles. The van der Waals surface area contributed by atoms with Gasteiger partial charge in [-0.1, -0.05) is 27.7 Å². The van der Waals surface area contributed by atoms with Gasteiger partial charge in [-0.25, -0.2) is 6.57 Å². The fraction of sp³-hybridized carbons (Fsp3) is 0.786. The van der Waals surface area contributed by atoms with Crippen molar-refractivity contribution < 1.29 is 9.59 Å². The molecular weight excluding hydrogens is 228 g/mol. The SMILES string of the molecule is CC1(C)CCC(=O)NC1.[C-]#[N+]CCC(C)(C)C=O. The van der Waals surface area contributed by atoms with Crippen molar-refractivity contribution in [2.75, 3.05) is 13.1 Å². The maximum atomic E-state index is 10.6. The molecule has 1 amide bonds. The summed E-state index contributed by atoms with van der Waals surface area (Å²) in [5, 5.41) is 2.83. The van der Waals surface area contributed by atoms with Crippen LogP contribution in [0.5, 0.6) is 0 Å². The van der Waals surface area contributed by atoms with Gasteiger partial charge in [-0.2, -0.15) is 0 Å². The smallest absolute Gasteiger partial charge is 0.220 e. The zero-order chi connectivity index (χ0) is 14.2. The highest BCUT2D eigenvalue weighted by atomic mass is 16.1. The van der Waals surface area contributed by atoms with Crippen molar-refractivity contribution in [2.45, 2.75) is 47.0 Å². The standard InChI is InChI=1S/C7H13NO.C7H11NO/c1-7(2)4-3-6(9)8-5-7;1-7(2,6-9)4-5-8-3/h3-5H2,1-2H3,(H,8,9);6H,4-5H2,1-2H3. The van der Waals surface area contributed by atoms with Gasteiger partial charge < -0.3 is 15.0 Å². The fourth-order valence-corrected chi connectivity index (χ4v) is 1.37. The van der Waals surface area contributed by atoms with E-state index in [2.05, 4.69) is 24.0 Å². The third kappa shape index (κ3) is 7.83. The van der Waals surface area contributed by atoms with E-state index >= 15 is 0 Å². The predicted molar refractivity (Wildman–Crippen MR) is 72.0 cm³/mol. The van der Waals surface area contributed by atoms with Crippen molar-refractivity contribution in [3.05, 3.63) is 11.4 Å². The van der Waals surface area contributed by atoms with Gasteiger partial charge in [0, 0.05) is 24.8 Å². The highest BCUT2D eigenvalue weighted by Crippen LogP contribution is 2.23. The van der Waals surface area contributed by atoms with E-state index in [0.29, 0.717) is 24.8 Å². The lowest BCUT2D eigenvalue weighted by atomic mass is 9.85. The fourth-order valence-electron chi connectivity index (χ4n) is 1.37. The molecule has 0 saturated carbocycles. The van der Waals surface area contributed by atoms with Crippen LogP contribution in [0.3, 0.4) is 0 Å². The van der Waals surface area contributed by atoms with Crippen LogP contribution in [0.2, 0.25) is 0 Å². The van der Waals surface area contributed by atoms with E-state index < -0.39 is 0 Å². The maximum Gasteiger partial charge on any atom is 0.220 e. The average Bonchev–Trinajstić information content (AvgIpc) is 2.32. The quantitative estimate of drug-likeness (QED) is 0.619. The summed E-state index contributed by atoms with van der Waals surface area (Å²) in [6.07, 6.45) is 3.30. The molecule has 1 aliphatic rings. The summed E-state index contributed by atoms with van der Waals surface area (Å²) >= 11 is 0. The van der Waals surface area contributed by atoms with Crippen LogP contribution in [-0.4, -0.2) is 25.3 Å². The van der Waals surface area contributed by atoms with Crippen LogP contribution in [0, 0.1) is 17.4 Å². The summed E-state index contributed by atoms with van der Waals surface area (Å²) in [6, 6.07) is 0. The number of piperidine rings is 1. The van der Waals surface area contributed by atoms with Crippen molar-refractivity contribution in [1.82, 2.24) is 5.32 Å². The number of aldehydes is 1. The Morgan fingerprint density at radius 1 is 1.50 bits per heavy atom. The lowest BCUT2D eigenvalue weighted by Gasteiger charge is -2.29. The molecule has 1 heterocycles. The number of nitrogens with zero attached hydrogens (tertiary/aromatic N) is 1. The van der Waals surface area contributed by atoms with E-state index in [1.807, 2.05) is 13.8 Å². The second-order valence-electron chi connectivity index (χ2n) is 6.18. The number of rotatable bonds is 3. The Balaban J connectivity index is 0.000000321. The summed E-state index contributed by atoms with van der Waals surface area (Å²) in [5.41, 5.74) is 0.0262. The minimum Gasteiger partial charge on any atom is -0.356 e. The zero-order valence-corrected chi connectivity index (χ0v) is 11.9. The number of amides is 1. The molecule has 0 aromatic carbocycles. The first kappa shape index (κ1) is 16.6. The van der Waals surface area contributed by atoms with E-state index in [9.17, 15) is 9.59 Å². The summed E-state index contributed by atoms with van der Waals surface area (Å²) in [5.74, 6) is 0.203. The van der Waals surface area contributed by atoms with E-state index in [4.69, 9.17) is 6.57 Å². The van der Waals surface area contributed by atoms with E-state index in [0.717, 1.165) is 19.3 Å². The Morgan fingerprint density at radius 3 is 2.44 bits per heavy atom. The van der Waals surface area contributed by atoms with Crippen LogP contribution in [0.15, 0.2) is 0 Å². The van der Waals surface area contributed by atoms with E-state index in [-0.39, 0.29) is 11.3 Å². The van der Waals surface area contributed by atoms with Gasteiger partial charge in [0.15, 0.2) is 0 Å². The summed E-state index contributed by atoms with van der Waals surface area (Å²) in [7, 11) is 0. The molecule has 0 spiro atoms. The Hall–Kier alpha value is -1.37. The topological polar surface area (TPSA) is 50.5 Å². The van der Waals surface area contributed by atoms with Gasteiger partial charge in [0.05, 0.1) is 0 Å². The Labute approximate surface area is 110 Å². The first-order valence-electron chi connectivity index (χ1n) is 6.29. The van der Waals surface area contributed by atoms with Gasteiger partial charge in [-0.3, -0.25) is 4.79 Å². The highest BCUT2D eigenvalue weighted by molar-refractivity contribution is 5.76. The highest BCUT2D eigenvalue weighted by Gasteiger charge is 2.24. The molecule has 0 radical (unpaired) electrons. The van der Waals surface area contributed by atoms with Crippen molar-refractivity contribution in [1.29, 1.82) is 0 Å². The molecule has 4 heteroatoms. The van der Waals surface area contributed by atoms with Gasteiger partial charge in [-0.15, -0.1) is 0 Å². The van der Waals surface area contributed by atoms with Crippen molar-refractivity contribution in [2.24, 2.45) is 10.8 Å². The molecule has 1 aliphatic heterocycles. The molecule has 0 aliphatic carbocycles. The van der Waals surface area contributed by atoms with Crippen molar-refractivity contribution in [3.8, 4) is 0 Å². The van der Waals surface area contributed by atoms with Crippen LogP contribution >= 0.6 is 0 Å². The first-order valence-corrected chi connectivity index (χ1v) is 6.29. The van der Waals surface area contributed by atoms with Crippen molar-refractivity contribution >= 4 is 12.2 Å². The molecule has 0 aromatic rings. The van der Waals surface area contributed by atoms with Gasteiger partial charge in [0.2, 0.25) is 12.5 Å². The molecule has 102 valence electrons. The predicted octanol–water partition coefficient (Wildman–Crippen LogP) is 2.44. The lowest BCUT2D eigenvalue weighted by molar-refractivity contribution is -0.123. The number of nitrogens with one attached hydrogen (secondary N) is 1. The molecule has 0 unspecified atom stereocenters. The normalized spacial score (nSPS) is 17.8. The first-order chi connectivity index (χ1) is 8.22. The second kappa shape index (κ2) is 7.15. The van der Waals surface area contributed by atoms with Gasteiger partial charge >= 0.3 is 0 Å². The van der Waals surface area contributed by atoms with Crippen molar-refractivity contribution in [3.63, 3.8) is 0 Å². The van der Waals surface area contributed by atoms with Gasteiger partial charge in [-0.05, 0) is 11.8 Å². The summed E-state index contributed by atoms with van der Waals surface area (Å²) in [4.78, 5) is 24.0. The largest absolute Gasteiger partial charge is 0.356 e. The van der Waals surface area contributed by atoms with Crippen LogP contribution in [0.25, 0.3) is 4.85 Å². The summed E-state index contributed by atoms with van der Waals surface area (Å²) < 4.78 is 0. The molecule has 1 N–H and O–H groups in total. The Morgan fingerprint density at radius 2 is 2.11 bits per heavy atom. The van der Waals surface area contributed by atoms with Gasteiger partial charge in [0.25, 0.3) is 0 Å². The van der Waals surface area contributed by atoms with Crippen LogP contribution in [-0.2, 0) is 9.59 Å². The Kier molecular flexibility index (Phi) is 6.61. The minimum absolute atomic E-state index is 0.203. The average molecular weight is 252 g/mol. The third-order valence-electron chi connectivity index (χ3n) is 2.98. The lowest BCUT2D eigenvalue weighted by Crippen LogP contribution is -2.39. The third-order valence-corrected chi connectivity index (χ3v) is 2.98. The second-order valence-corrected chi connectivity index (χ2v) is 6.18. The zero-order valence-electron chi connectivity index (χ0n) is 11.9. The van der Waals surface area contributed by atoms with E-state index in [1.165, 1.54) is 0 Å². The van der Waals surface area contributed by atoms with Crippen LogP contribution < -0.4 is 5.32 Å². The number of carbonyl (C=O) groups is 2. The monoisotopic (exact) mass is 252 g/mol. The maximum absolute atomic E-state index is 10.6. The minimum atomic E-state index is -0.301.